The molecule has 2 fully saturated rings. The van der Waals surface area contributed by atoms with Gasteiger partial charge in [0.05, 0.1) is 6.10 Å². The van der Waals surface area contributed by atoms with E-state index < -0.39 is 0 Å². The molecule has 5 heteroatoms. The van der Waals surface area contributed by atoms with Crippen molar-refractivity contribution >= 4 is 17.7 Å². The summed E-state index contributed by atoms with van der Waals surface area (Å²) in [5.41, 5.74) is 3.65. The Bertz CT molecular complexity index is 1010. The number of piperidine rings is 1. The monoisotopic (exact) mass is 431 g/mol. The topological polar surface area (TPSA) is 38.2 Å². The minimum absolute atomic E-state index is 0.229. The molecule has 2 unspecified atom stereocenters. The number of benzene rings is 2. The van der Waals surface area contributed by atoms with Crippen molar-refractivity contribution in [1.29, 1.82) is 0 Å². The number of aromatic nitrogens is 2. The van der Waals surface area contributed by atoms with Gasteiger partial charge in [-0.2, -0.15) is 0 Å². The second-order valence-electron chi connectivity index (χ2n) is 8.63. The Morgan fingerprint density at radius 1 is 0.968 bits per heavy atom. The molecule has 1 aliphatic carbocycles. The van der Waals surface area contributed by atoms with Gasteiger partial charge in [-0.25, -0.2) is 9.97 Å². The largest absolute Gasteiger partial charge is 0.490 e. The van der Waals surface area contributed by atoms with Crippen molar-refractivity contribution in [2.45, 2.75) is 31.3 Å². The SMILES string of the molecule is CCc1cnc(N2CC3C(C2)C3[C@H](C)Oc2ccc(-c3ccc(SC)cc3)cc2)nc1. The number of thioether (sulfide) groups is 1. The second kappa shape index (κ2) is 8.54. The average Bonchev–Trinajstić information content (AvgIpc) is 3.33. The predicted molar refractivity (Wildman–Crippen MR) is 128 cm³/mol. The lowest BCUT2D eigenvalue weighted by Crippen LogP contribution is -2.29. The Morgan fingerprint density at radius 3 is 2.10 bits per heavy atom. The van der Waals surface area contributed by atoms with E-state index in [1.807, 2.05) is 12.4 Å². The van der Waals surface area contributed by atoms with E-state index >= 15 is 0 Å². The summed E-state index contributed by atoms with van der Waals surface area (Å²) in [5.74, 6) is 3.84. The number of anilines is 1. The van der Waals surface area contributed by atoms with Gasteiger partial charge >= 0.3 is 0 Å². The van der Waals surface area contributed by atoms with Gasteiger partial charge in [-0.05, 0) is 72.4 Å². The van der Waals surface area contributed by atoms with E-state index in [0.29, 0.717) is 17.8 Å². The number of hydrogen-bond donors (Lipinski definition) is 0. The van der Waals surface area contributed by atoms with Crippen LogP contribution in [0.3, 0.4) is 0 Å². The fraction of sp³-hybridized carbons (Fsp3) is 0.385. The molecule has 0 bridgehead atoms. The van der Waals surface area contributed by atoms with Gasteiger partial charge in [-0.15, -0.1) is 11.8 Å². The number of hydrogen-bond acceptors (Lipinski definition) is 5. The number of ether oxygens (including phenoxy) is 1. The van der Waals surface area contributed by atoms with Crippen LogP contribution in [-0.4, -0.2) is 35.4 Å². The van der Waals surface area contributed by atoms with Crippen LogP contribution in [0.25, 0.3) is 11.1 Å². The van der Waals surface area contributed by atoms with Crippen molar-refractivity contribution in [3.63, 3.8) is 0 Å². The molecule has 5 rings (SSSR count). The van der Waals surface area contributed by atoms with Gasteiger partial charge in [0.1, 0.15) is 5.75 Å². The first kappa shape index (κ1) is 20.4. The minimum atomic E-state index is 0.229. The van der Waals surface area contributed by atoms with Crippen molar-refractivity contribution in [2.24, 2.45) is 17.8 Å². The fourth-order valence-electron chi connectivity index (χ4n) is 4.93. The summed E-state index contributed by atoms with van der Waals surface area (Å²) < 4.78 is 6.32. The highest BCUT2D eigenvalue weighted by molar-refractivity contribution is 7.98. The first-order valence-electron chi connectivity index (χ1n) is 11.1. The summed E-state index contributed by atoms with van der Waals surface area (Å²) >= 11 is 1.77. The quantitative estimate of drug-likeness (QED) is 0.457. The molecular weight excluding hydrogens is 402 g/mol. The molecule has 2 aromatic carbocycles. The van der Waals surface area contributed by atoms with Gasteiger partial charge in [0.2, 0.25) is 5.95 Å². The molecule has 0 spiro atoms. The lowest BCUT2D eigenvalue weighted by Gasteiger charge is -2.22. The fourth-order valence-corrected chi connectivity index (χ4v) is 5.34. The van der Waals surface area contributed by atoms with Crippen molar-refractivity contribution < 1.29 is 4.74 Å². The maximum atomic E-state index is 6.32. The summed E-state index contributed by atoms with van der Waals surface area (Å²) in [6.45, 7) is 6.43. The van der Waals surface area contributed by atoms with E-state index in [1.165, 1.54) is 21.6 Å². The maximum Gasteiger partial charge on any atom is 0.225 e. The van der Waals surface area contributed by atoms with Gasteiger partial charge in [0, 0.05) is 36.3 Å². The molecule has 1 saturated carbocycles. The molecule has 0 N–H and O–H groups in total. The highest BCUT2D eigenvalue weighted by Crippen LogP contribution is 2.54. The molecule has 2 aliphatic rings. The molecule has 2 heterocycles. The number of fused-ring (bicyclic) bond motifs is 1. The van der Waals surface area contributed by atoms with Crippen LogP contribution in [0.4, 0.5) is 5.95 Å². The molecule has 0 radical (unpaired) electrons. The normalized spacial score (nSPS) is 22.8. The lowest BCUT2D eigenvalue weighted by atomic mass is 10.1. The van der Waals surface area contributed by atoms with E-state index in [4.69, 9.17) is 4.74 Å². The molecule has 1 aliphatic heterocycles. The first-order valence-corrected chi connectivity index (χ1v) is 12.4. The average molecular weight is 432 g/mol. The van der Waals surface area contributed by atoms with E-state index in [9.17, 15) is 0 Å². The minimum Gasteiger partial charge on any atom is -0.490 e. The Labute approximate surface area is 189 Å². The van der Waals surface area contributed by atoms with Crippen molar-refractivity contribution in [3.8, 4) is 16.9 Å². The standard InChI is InChI=1S/C26H29N3OS/c1-4-18-13-27-26(28-14-18)29-15-23-24(16-29)25(23)17(2)30-21-9-5-19(6-10-21)20-7-11-22(31-3)12-8-20/h5-14,17,23-25H,4,15-16H2,1-3H3/t17-,23?,24?,25?/m0/s1. The lowest BCUT2D eigenvalue weighted by molar-refractivity contribution is 0.183. The Kier molecular flexibility index (Phi) is 5.61. The molecular formula is C26H29N3OS. The first-order chi connectivity index (χ1) is 15.2. The zero-order valence-corrected chi connectivity index (χ0v) is 19.2. The van der Waals surface area contributed by atoms with Crippen molar-refractivity contribution in [1.82, 2.24) is 9.97 Å². The van der Waals surface area contributed by atoms with E-state index in [0.717, 1.165) is 31.2 Å². The predicted octanol–water partition coefficient (Wildman–Crippen LogP) is 5.58. The zero-order valence-electron chi connectivity index (χ0n) is 18.4. The van der Waals surface area contributed by atoms with Crippen LogP contribution in [0, 0.1) is 17.8 Å². The van der Waals surface area contributed by atoms with Crippen LogP contribution >= 0.6 is 11.8 Å². The van der Waals surface area contributed by atoms with Crippen molar-refractivity contribution in [2.75, 3.05) is 24.2 Å². The molecule has 3 atom stereocenters. The molecule has 31 heavy (non-hydrogen) atoms. The number of aryl methyl sites for hydroxylation is 1. The summed E-state index contributed by atoms with van der Waals surface area (Å²) in [4.78, 5) is 12.7. The second-order valence-corrected chi connectivity index (χ2v) is 9.51. The third-order valence-electron chi connectivity index (χ3n) is 6.78. The van der Waals surface area contributed by atoms with Crippen LogP contribution in [0.15, 0.2) is 65.8 Å². The smallest absolute Gasteiger partial charge is 0.225 e. The summed E-state index contributed by atoms with van der Waals surface area (Å²) in [6, 6.07) is 17.2. The third kappa shape index (κ3) is 4.16. The van der Waals surface area contributed by atoms with Crippen LogP contribution in [-0.2, 0) is 6.42 Å². The Morgan fingerprint density at radius 2 is 1.55 bits per heavy atom. The van der Waals surface area contributed by atoms with Gasteiger partial charge in [-0.3, -0.25) is 0 Å². The number of nitrogens with zero attached hydrogens (tertiary/aromatic N) is 3. The molecule has 3 aromatic rings. The third-order valence-corrected chi connectivity index (χ3v) is 7.53. The molecule has 1 saturated heterocycles. The van der Waals surface area contributed by atoms with Gasteiger partial charge < -0.3 is 9.64 Å². The molecule has 1 aromatic heterocycles. The number of rotatable bonds is 7. The van der Waals surface area contributed by atoms with Gasteiger partial charge in [-0.1, -0.05) is 31.2 Å². The van der Waals surface area contributed by atoms with E-state index in [1.54, 1.807) is 11.8 Å². The van der Waals surface area contributed by atoms with E-state index in [2.05, 4.69) is 83.5 Å². The summed E-state index contributed by atoms with van der Waals surface area (Å²) in [7, 11) is 0. The van der Waals surface area contributed by atoms with Crippen LogP contribution in [0.5, 0.6) is 5.75 Å². The maximum absolute atomic E-state index is 6.32. The zero-order chi connectivity index (χ0) is 21.4. The van der Waals surface area contributed by atoms with Crippen LogP contribution in [0.2, 0.25) is 0 Å². The van der Waals surface area contributed by atoms with Crippen LogP contribution < -0.4 is 9.64 Å². The Balaban J connectivity index is 1.16. The van der Waals surface area contributed by atoms with E-state index in [-0.39, 0.29) is 6.10 Å². The Hall–Kier alpha value is -2.53. The molecule has 0 amide bonds. The van der Waals surface area contributed by atoms with Gasteiger partial charge in [0.15, 0.2) is 0 Å². The van der Waals surface area contributed by atoms with Crippen LogP contribution in [0.1, 0.15) is 19.4 Å². The highest BCUT2D eigenvalue weighted by atomic mass is 32.2. The molecule has 4 nitrogen and oxygen atoms in total. The summed E-state index contributed by atoms with van der Waals surface area (Å²) in [5, 5.41) is 0. The summed E-state index contributed by atoms with van der Waals surface area (Å²) in [6.07, 6.45) is 7.22. The van der Waals surface area contributed by atoms with Crippen molar-refractivity contribution in [3.05, 3.63) is 66.5 Å². The highest BCUT2D eigenvalue weighted by Gasteiger charge is 2.59. The van der Waals surface area contributed by atoms with Gasteiger partial charge in [0.25, 0.3) is 0 Å². The molecule has 160 valence electrons.